The van der Waals surface area contributed by atoms with E-state index in [0.717, 1.165) is 19.3 Å². The highest BCUT2D eigenvalue weighted by Crippen LogP contribution is 2.28. The number of aryl methyl sites for hydroxylation is 1. The molecule has 0 saturated heterocycles. The first-order chi connectivity index (χ1) is 11.7. The van der Waals surface area contributed by atoms with E-state index in [1.807, 2.05) is 6.07 Å². The molecule has 1 aliphatic heterocycles. The van der Waals surface area contributed by atoms with Crippen molar-refractivity contribution in [1.29, 1.82) is 0 Å². The first kappa shape index (κ1) is 14.8. The fraction of sp³-hybridized carbons (Fsp3) is 0.263. The maximum atomic E-state index is 12.5. The number of amides is 2. The first-order valence-electron chi connectivity index (χ1n) is 8.13. The summed E-state index contributed by atoms with van der Waals surface area (Å²) in [6, 6.07) is 13.6. The van der Waals surface area contributed by atoms with Gasteiger partial charge in [0.05, 0.1) is 5.69 Å². The molecule has 0 spiro atoms. The Kier molecular flexibility index (Phi) is 3.69. The fourth-order valence-corrected chi connectivity index (χ4v) is 3.31. The number of nitrogens with one attached hydrogen (secondary N) is 2. The zero-order valence-corrected chi connectivity index (χ0v) is 13.2. The molecule has 1 aliphatic carbocycles. The molecule has 1 heterocycles. The van der Waals surface area contributed by atoms with Crippen LogP contribution in [0.5, 0.6) is 5.75 Å². The van der Waals surface area contributed by atoms with Crippen LogP contribution in [0.25, 0.3) is 0 Å². The van der Waals surface area contributed by atoms with Crippen LogP contribution < -0.4 is 15.4 Å². The summed E-state index contributed by atoms with van der Waals surface area (Å²) in [6.07, 6.45) is 2.79. The van der Waals surface area contributed by atoms with Gasteiger partial charge in [-0.05, 0) is 48.6 Å². The van der Waals surface area contributed by atoms with Crippen molar-refractivity contribution >= 4 is 17.5 Å². The molecule has 122 valence electrons. The molecule has 2 amide bonds. The summed E-state index contributed by atoms with van der Waals surface area (Å²) in [6.45, 7) is -0.0164. The van der Waals surface area contributed by atoms with E-state index in [1.165, 1.54) is 11.1 Å². The number of ether oxygens (including phenoxy) is 1. The number of rotatable bonds is 2. The van der Waals surface area contributed by atoms with Crippen molar-refractivity contribution in [1.82, 2.24) is 5.32 Å². The van der Waals surface area contributed by atoms with Crippen molar-refractivity contribution in [2.45, 2.75) is 25.3 Å². The molecule has 0 unspecified atom stereocenters. The van der Waals surface area contributed by atoms with E-state index in [4.69, 9.17) is 4.74 Å². The summed E-state index contributed by atoms with van der Waals surface area (Å²) in [7, 11) is 0. The minimum atomic E-state index is -0.180. The second kappa shape index (κ2) is 6.00. The van der Waals surface area contributed by atoms with Gasteiger partial charge in [-0.25, -0.2) is 0 Å². The Balaban J connectivity index is 1.46. The number of fused-ring (bicyclic) bond motifs is 2. The molecule has 24 heavy (non-hydrogen) atoms. The van der Waals surface area contributed by atoms with Crippen LogP contribution in [-0.4, -0.2) is 24.5 Å². The van der Waals surface area contributed by atoms with Gasteiger partial charge < -0.3 is 15.4 Å². The summed E-state index contributed by atoms with van der Waals surface area (Å²) >= 11 is 0. The van der Waals surface area contributed by atoms with Crippen LogP contribution in [-0.2, 0) is 17.6 Å². The van der Waals surface area contributed by atoms with Gasteiger partial charge in [0.2, 0.25) is 0 Å². The maximum absolute atomic E-state index is 12.5. The van der Waals surface area contributed by atoms with Gasteiger partial charge in [0.1, 0.15) is 5.75 Å². The van der Waals surface area contributed by atoms with Gasteiger partial charge in [-0.15, -0.1) is 0 Å². The van der Waals surface area contributed by atoms with Gasteiger partial charge in [0.25, 0.3) is 11.8 Å². The Morgan fingerprint density at radius 3 is 2.88 bits per heavy atom. The fourth-order valence-electron chi connectivity index (χ4n) is 3.31. The van der Waals surface area contributed by atoms with Crippen LogP contribution in [0, 0.1) is 0 Å². The molecule has 0 fully saturated rings. The van der Waals surface area contributed by atoms with E-state index in [2.05, 4.69) is 28.8 Å². The molecule has 0 aromatic heterocycles. The van der Waals surface area contributed by atoms with Gasteiger partial charge in [0.15, 0.2) is 6.61 Å². The smallest absolute Gasteiger partial charge is 0.262 e. The average molecular weight is 322 g/mol. The zero-order valence-electron chi connectivity index (χ0n) is 13.2. The molecule has 2 aliphatic rings. The number of anilines is 1. The van der Waals surface area contributed by atoms with E-state index in [-0.39, 0.29) is 24.5 Å². The van der Waals surface area contributed by atoms with Crippen molar-refractivity contribution < 1.29 is 14.3 Å². The molecular formula is C19H18N2O3. The Bertz CT molecular complexity index is 816. The molecule has 0 bridgehead atoms. The quantitative estimate of drug-likeness (QED) is 0.891. The number of hydrogen-bond acceptors (Lipinski definition) is 3. The van der Waals surface area contributed by atoms with Crippen LogP contribution in [0.1, 0.15) is 27.9 Å². The molecule has 2 aromatic rings. The van der Waals surface area contributed by atoms with E-state index in [9.17, 15) is 9.59 Å². The summed E-state index contributed by atoms with van der Waals surface area (Å²) in [5.41, 5.74) is 3.84. The molecule has 0 saturated carbocycles. The highest BCUT2D eigenvalue weighted by atomic mass is 16.5. The summed E-state index contributed by atoms with van der Waals surface area (Å²) in [5.74, 6) is 0.250. The SMILES string of the molecule is O=C1COc2cc(C(=O)N[C@@H]3CCc4ccccc4C3)ccc2N1. The van der Waals surface area contributed by atoms with Crippen molar-refractivity contribution in [3.63, 3.8) is 0 Å². The van der Waals surface area contributed by atoms with E-state index in [0.29, 0.717) is 17.0 Å². The highest BCUT2D eigenvalue weighted by molar-refractivity contribution is 5.99. The monoisotopic (exact) mass is 322 g/mol. The van der Waals surface area contributed by atoms with E-state index < -0.39 is 0 Å². The van der Waals surface area contributed by atoms with Crippen LogP contribution in [0.3, 0.4) is 0 Å². The van der Waals surface area contributed by atoms with Crippen LogP contribution in [0.15, 0.2) is 42.5 Å². The molecule has 2 N–H and O–H groups in total. The van der Waals surface area contributed by atoms with Gasteiger partial charge in [-0.3, -0.25) is 9.59 Å². The van der Waals surface area contributed by atoms with Gasteiger partial charge >= 0.3 is 0 Å². The Hall–Kier alpha value is -2.82. The van der Waals surface area contributed by atoms with E-state index in [1.54, 1.807) is 18.2 Å². The van der Waals surface area contributed by atoms with Crippen LogP contribution in [0.4, 0.5) is 5.69 Å². The molecule has 5 heteroatoms. The summed E-state index contributed by atoms with van der Waals surface area (Å²) in [4.78, 5) is 23.8. The number of carbonyl (C=O) groups excluding carboxylic acids is 2. The van der Waals surface area contributed by atoms with Crippen molar-refractivity contribution in [2.24, 2.45) is 0 Å². The van der Waals surface area contributed by atoms with E-state index >= 15 is 0 Å². The minimum Gasteiger partial charge on any atom is -0.482 e. The van der Waals surface area contributed by atoms with Gasteiger partial charge in [-0.1, -0.05) is 24.3 Å². The van der Waals surface area contributed by atoms with Gasteiger partial charge in [-0.2, -0.15) is 0 Å². The molecule has 5 nitrogen and oxygen atoms in total. The zero-order chi connectivity index (χ0) is 16.5. The normalized spacial score (nSPS) is 18.7. The second-order valence-corrected chi connectivity index (χ2v) is 6.23. The minimum absolute atomic E-state index is 0.0164. The topological polar surface area (TPSA) is 67.4 Å². The van der Waals surface area contributed by atoms with Crippen molar-refractivity contribution in [3.05, 3.63) is 59.2 Å². The highest BCUT2D eigenvalue weighted by Gasteiger charge is 2.22. The Morgan fingerprint density at radius 1 is 1.17 bits per heavy atom. The molecule has 4 rings (SSSR count). The first-order valence-corrected chi connectivity index (χ1v) is 8.13. The third-order valence-corrected chi connectivity index (χ3v) is 4.56. The molecular weight excluding hydrogens is 304 g/mol. The maximum Gasteiger partial charge on any atom is 0.262 e. The predicted molar refractivity (Wildman–Crippen MR) is 90.3 cm³/mol. The largest absolute Gasteiger partial charge is 0.482 e. The lowest BCUT2D eigenvalue weighted by atomic mass is 9.88. The van der Waals surface area contributed by atoms with Crippen molar-refractivity contribution in [3.8, 4) is 5.75 Å². The van der Waals surface area contributed by atoms with Crippen LogP contribution >= 0.6 is 0 Å². The lowest BCUT2D eigenvalue weighted by Gasteiger charge is -2.25. The standard InChI is InChI=1S/C19H18N2O3/c22-18-11-24-17-10-14(6-8-16(17)21-18)19(23)20-15-7-5-12-3-1-2-4-13(12)9-15/h1-4,6,8,10,15H,5,7,9,11H2,(H,20,23)(H,21,22)/t15-/m1/s1. The summed E-state index contributed by atoms with van der Waals surface area (Å²) < 4.78 is 5.37. The molecule has 0 radical (unpaired) electrons. The second-order valence-electron chi connectivity index (χ2n) is 6.23. The van der Waals surface area contributed by atoms with Gasteiger partial charge in [0, 0.05) is 11.6 Å². The lowest BCUT2D eigenvalue weighted by Crippen LogP contribution is -2.38. The molecule has 1 atom stereocenters. The predicted octanol–water partition coefficient (Wildman–Crippen LogP) is 2.30. The summed E-state index contributed by atoms with van der Waals surface area (Å²) in [5, 5.41) is 5.83. The third-order valence-electron chi connectivity index (χ3n) is 4.56. The Morgan fingerprint density at radius 2 is 2.00 bits per heavy atom. The van der Waals surface area contributed by atoms with Crippen LogP contribution in [0.2, 0.25) is 0 Å². The lowest BCUT2D eigenvalue weighted by molar-refractivity contribution is -0.118. The Labute approximate surface area is 140 Å². The molecule has 2 aromatic carbocycles. The van der Waals surface area contributed by atoms with Crippen molar-refractivity contribution in [2.75, 3.05) is 11.9 Å². The third kappa shape index (κ3) is 2.85. The number of carbonyl (C=O) groups is 2. The number of benzene rings is 2. The average Bonchev–Trinajstić information content (AvgIpc) is 2.61. The number of hydrogen-bond donors (Lipinski definition) is 2.